The maximum absolute atomic E-state index is 12.2. The predicted octanol–water partition coefficient (Wildman–Crippen LogP) is 4.95. The molecule has 1 saturated heterocycles. The average molecular weight is 459 g/mol. The zero-order chi connectivity index (χ0) is 22.8. The highest BCUT2D eigenvalue weighted by Crippen LogP contribution is 2.27. The Morgan fingerprint density at radius 1 is 0.879 bits per heavy atom. The van der Waals surface area contributed by atoms with Crippen LogP contribution in [-0.4, -0.2) is 18.1 Å². The standard InChI is InChI=1S/C26H23ClN4O2/c27-19-11-9-17(10-12-19)16-28-23-24(26(33)25(23)32)29-20-6-3-5-18(15-20)21-7-4-8-22(30-21)31-13-1-2-14-31/h3-12,15,28-29H,1-2,13-14,16H2. The molecule has 1 aliphatic rings. The van der Waals surface area contributed by atoms with Crippen LogP contribution in [0, 0.1) is 0 Å². The molecule has 2 heterocycles. The molecule has 0 amide bonds. The van der Waals surface area contributed by atoms with E-state index in [1.165, 1.54) is 12.8 Å². The van der Waals surface area contributed by atoms with Crippen molar-refractivity contribution in [2.75, 3.05) is 28.6 Å². The Balaban J connectivity index is 1.34. The van der Waals surface area contributed by atoms with Crippen LogP contribution in [0.5, 0.6) is 0 Å². The Bertz CT molecular complexity index is 1350. The number of hydrogen-bond acceptors (Lipinski definition) is 6. The fourth-order valence-corrected chi connectivity index (χ4v) is 4.21. The topological polar surface area (TPSA) is 74.3 Å². The summed E-state index contributed by atoms with van der Waals surface area (Å²) >= 11 is 5.92. The maximum atomic E-state index is 12.2. The van der Waals surface area contributed by atoms with E-state index in [-0.39, 0.29) is 5.69 Å². The van der Waals surface area contributed by atoms with Crippen molar-refractivity contribution in [3.63, 3.8) is 0 Å². The van der Waals surface area contributed by atoms with Gasteiger partial charge in [0, 0.05) is 35.9 Å². The van der Waals surface area contributed by atoms with Gasteiger partial charge < -0.3 is 15.5 Å². The summed E-state index contributed by atoms with van der Waals surface area (Å²) in [5.41, 5.74) is 3.05. The average Bonchev–Trinajstić information content (AvgIpc) is 3.40. The van der Waals surface area contributed by atoms with E-state index in [4.69, 9.17) is 16.6 Å². The lowest BCUT2D eigenvalue weighted by atomic mass is 10.1. The molecule has 0 aliphatic carbocycles. The van der Waals surface area contributed by atoms with E-state index in [9.17, 15) is 9.59 Å². The normalized spacial score (nSPS) is 13.4. The summed E-state index contributed by atoms with van der Waals surface area (Å²) in [7, 11) is 0. The quantitative estimate of drug-likeness (QED) is 0.381. The molecule has 2 N–H and O–H groups in total. The summed E-state index contributed by atoms with van der Waals surface area (Å²) in [5, 5.41) is 6.85. The molecule has 6 nitrogen and oxygen atoms in total. The minimum Gasteiger partial charge on any atom is -0.376 e. The third-order valence-electron chi connectivity index (χ3n) is 5.89. The van der Waals surface area contributed by atoms with E-state index >= 15 is 0 Å². The number of benzene rings is 2. The lowest BCUT2D eigenvalue weighted by molar-refractivity contribution is 0.939. The summed E-state index contributed by atoms with van der Waals surface area (Å²) < 4.78 is 0. The summed E-state index contributed by atoms with van der Waals surface area (Å²) in [4.78, 5) is 31.5. The molecule has 5 rings (SSSR count). The Labute approximate surface area is 196 Å². The largest absolute Gasteiger partial charge is 0.376 e. The number of hydrogen-bond donors (Lipinski definition) is 2. The van der Waals surface area contributed by atoms with Crippen LogP contribution in [0.4, 0.5) is 22.9 Å². The monoisotopic (exact) mass is 458 g/mol. The van der Waals surface area contributed by atoms with Gasteiger partial charge in [-0.15, -0.1) is 0 Å². The van der Waals surface area contributed by atoms with Gasteiger partial charge in [-0.05, 0) is 54.8 Å². The highest BCUT2D eigenvalue weighted by molar-refractivity contribution is 6.30. The second kappa shape index (κ2) is 9.08. The summed E-state index contributed by atoms with van der Waals surface area (Å²) in [6.45, 7) is 2.49. The molecule has 33 heavy (non-hydrogen) atoms. The molecule has 4 aromatic rings. The second-order valence-corrected chi connectivity index (χ2v) is 8.61. The van der Waals surface area contributed by atoms with Crippen LogP contribution in [0.15, 0.2) is 76.3 Å². The smallest absolute Gasteiger partial charge is 0.253 e. The summed E-state index contributed by atoms with van der Waals surface area (Å²) in [6.07, 6.45) is 2.39. The Kier molecular flexibility index (Phi) is 5.84. The van der Waals surface area contributed by atoms with Crippen molar-refractivity contribution < 1.29 is 0 Å². The van der Waals surface area contributed by atoms with Gasteiger partial charge in [0.2, 0.25) is 0 Å². The first-order chi connectivity index (χ1) is 16.1. The van der Waals surface area contributed by atoms with Gasteiger partial charge in [0.25, 0.3) is 10.9 Å². The van der Waals surface area contributed by atoms with Crippen LogP contribution < -0.4 is 26.4 Å². The molecule has 0 atom stereocenters. The molecule has 0 spiro atoms. The maximum Gasteiger partial charge on any atom is 0.253 e. The van der Waals surface area contributed by atoms with E-state index in [0.29, 0.717) is 17.3 Å². The van der Waals surface area contributed by atoms with E-state index < -0.39 is 10.9 Å². The molecular weight excluding hydrogens is 436 g/mol. The number of rotatable bonds is 7. The molecule has 7 heteroatoms. The zero-order valence-corrected chi connectivity index (χ0v) is 18.7. The number of pyridine rings is 1. The van der Waals surface area contributed by atoms with Gasteiger partial charge in [0.1, 0.15) is 17.2 Å². The molecule has 1 aromatic heterocycles. The summed E-state index contributed by atoms with van der Waals surface area (Å²) in [6, 6.07) is 21.1. The van der Waals surface area contributed by atoms with Crippen LogP contribution >= 0.6 is 11.6 Å². The van der Waals surface area contributed by atoms with Crippen molar-refractivity contribution >= 4 is 34.5 Å². The van der Waals surface area contributed by atoms with Gasteiger partial charge in [-0.1, -0.05) is 41.9 Å². The SMILES string of the molecule is O=c1c(NCc2ccc(Cl)cc2)c(Nc2cccc(-c3cccc(N4CCCC4)n3)c2)c1=O. The first-order valence-corrected chi connectivity index (χ1v) is 11.4. The lowest BCUT2D eigenvalue weighted by Gasteiger charge is -2.17. The van der Waals surface area contributed by atoms with Crippen molar-refractivity contribution in [1.82, 2.24) is 4.98 Å². The highest BCUT2D eigenvalue weighted by atomic mass is 35.5. The van der Waals surface area contributed by atoms with Crippen LogP contribution in [0.1, 0.15) is 18.4 Å². The first-order valence-electron chi connectivity index (χ1n) is 11.0. The van der Waals surface area contributed by atoms with Gasteiger partial charge in [0.05, 0.1) is 5.69 Å². The molecule has 166 valence electrons. The molecule has 1 fully saturated rings. The number of anilines is 4. The fraction of sp³-hybridized carbons (Fsp3) is 0.192. The second-order valence-electron chi connectivity index (χ2n) is 8.17. The van der Waals surface area contributed by atoms with Crippen LogP contribution in [0.3, 0.4) is 0 Å². The van der Waals surface area contributed by atoms with Crippen LogP contribution in [-0.2, 0) is 6.54 Å². The molecule has 0 saturated carbocycles. The van der Waals surface area contributed by atoms with Gasteiger partial charge in [-0.3, -0.25) is 9.59 Å². The summed E-state index contributed by atoms with van der Waals surface area (Å²) in [5.74, 6) is 0.986. The van der Waals surface area contributed by atoms with E-state index in [0.717, 1.165) is 41.4 Å². The zero-order valence-electron chi connectivity index (χ0n) is 18.0. The number of nitrogens with zero attached hydrogens (tertiary/aromatic N) is 2. The Morgan fingerprint density at radius 2 is 1.61 bits per heavy atom. The van der Waals surface area contributed by atoms with Crippen molar-refractivity contribution in [2.24, 2.45) is 0 Å². The van der Waals surface area contributed by atoms with Crippen molar-refractivity contribution in [3.05, 3.63) is 97.8 Å². The first kappa shape index (κ1) is 21.2. The number of halogens is 1. The van der Waals surface area contributed by atoms with E-state index in [1.807, 2.05) is 54.6 Å². The molecule has 0 unspecified atom stereocenters. The van der Waals surface area contributed by atoms with Crippen molar-refractivity contribution in [3.8, 4) is 11.3 Å². The van der Waals surface area contributed by atoms with E-state index in [1.54, 1.807) is 12.1 Å². The molecule has 1 aliphatic heterocycles. The number of nitrogens with one attached hydrogen (secondary N) is 2. The molecule has 3 aromatic carbocycles. The lowest BCUT2D eigenvalue weighted by Crippen LogP contribution is -2.36. The minimum absolute atomic E-state index is 0.282. The Hall–Kier alpha value is -3.64. The van der Waals surface area contributed by atoms with Gasteiger partial charge in [-0.25, -0.2) is 4.98 Å². The van der Waals surface area contributed by atoms with Crippen molar-refractivity contribution in [1.29, 1.82) is 0 Å². The third kappa shape index (κ3) is 4.47. The van der Waals surface area contributed by atoms with Crippen LogP contribution in [0.2, 0.25) is 5.02 Å². The predicted molar refractivity (Wildman–Crippen MR) is 135 cm³/mol. The van der Waals surface area contributed by atoms with Crippen molar-refractivity contribution in [2.45, 2.75) is 19.4 Å². The van der Waals surface area contributed by atoms with Gasteiger partial charge in [-0.2, -0.15) is 0 Å². The van der Waals surface area contributed by atoms with Gasteiger partial charge >= 0.3 is 0 Å². The molecule has 0 radical (unpaired) electrons. The molecular formula is C26H23ClN4O2. The number of aromatic nitrogens is 1. The highest BCUT2D eigenvalue weighted by Gasteiger charge is 2.21. The molecule has 0 bridgehead atoms. The van der Waals surface area contributed by atoms with E-state index in [2.05, 4.69) is 15.5 Å². The van der Waals surface area contributed by atoms with Crippen LogP contribution in [0.25, 0.3) is 11.3 Å². The minimum atomic E-state index is -0.520. The van der Waals surface area contributed by atoms with Gasteiger partial charge in [0.15, 0.2) is 0 Å². The Morgan fingerprint density at radius 3 is 2.39 bits per heavy atom. The fourth-order valence-electron chi connectivity index (χ4n) is 4.08. The third-order valence-corrected chi connectivity index (χ3v) is 6.14.